The second-order valence-electron chi connectivity index (χ2n) is 21.5. The fourth-order valence-electron chi connectivity index (χ4n) is 12.3. The van der Waals surface area contributed by atoms with Crippen molar-refractivity contribution in [3.63, 3.8) is 0 Å². The lowest BCUT2D eigenvalue weighted by atomic mass is 9.86. The first kappa shape index (κ1) is 63.8. The van der Waals surface area contributed by atoms with E-state index in [4.69, 9.17) is 9.59 Å². The molecule has 23 heteroatoms. The minimum absolute atomic E-state index is 0. The number of rotatable bonds is 5. The smallest absolute Gasteiger partial charge is 0.337 e. The summed E-state index contributed by atoms with van der Waals surface area (Å²) >= 11 is 0. The number of amides is 2. The predicted octanol–water partition coefficient (Wildman–Crippen LogP) is 13.0. The number of hydrogen-bond acceptors (Lipinski definition) is 8. The van der Waals surface area contributed by atoms with Gasteiger partial charge in [-0.1, -0.05) is 54.6 Å². The van der Waals surface area contributed by atoms with Crippen LogP contribution in [-0.2, 0) is 66.6 Å². The first-order chi connectivity index (χ1) is 39.4. The molecule has 2 amide bonds. The van der Waals surface area contributed by atoms with E-state index in [0.29, 0.717) is 79.9 Å². The van der Waals surface area contributed by atoms with E-state index in [1.165, 1.54) is 61.2 Å². The fraction of sp³-hybridized carbons (Fsp3) is 0.500. The molecule has 12 rings (SSSR count). The highest BCUT2D eigenvalue weighted by molar-refractivity contribution is 5.94. The number of carbonyl (C=O) groups is 2. The van der Waals surface area contributed by atoms with Crippen molar-refractivity contribution in [3.8, 4) is 0 Å². The van der Waals surface area contributed by atoms with Crippen molar-refractivity contribution >= 4 is 30.4 Å². The average molecular weight is 1190 g/mol. The van der Waals surface area contributed by atoms with Gasteiger partial charge in [0.1, 0.15) is 0 Å². The molecular weight excluding hydrogens is 1120 g/mol. The molecule has 3 fully saturated rings. The van der Waals surface area contributed by atoms with Crippen molar-refractivity contribution in [1.82, 2.24) is 45.7 Å². The van der Waals surface area contributed by atoms with Crippen molar-refractivity contribution in [2.75, 3.05) is 39.3 Å². The van der Waals surface area contributed by atoms with Gasteiger partial charge in [0.25, 0.3) is 11.8 Å². The molecular formula is C60H69ClF9N9O4. The highest BCUT2D eigenvalue weighted by Crippen LogP contribution is 2.42. The van der Waals surface area contributed by atoms with E-state index >= 15 is 0 Å². The summed E-state index contributed by atoms with van der Waals surface area (Å²) in [4.78, 5) is 45.4. The summed E-state index contributed by atoms with van der Waals surface area (Å²) in [6.07, 6.45) is 5.97. The molecule has 4 N–H and O–H groups in total. The summed E-state index contributed by atoms with van der Waals surface area (Å²) in [6.45, 7) is 3.43. The van der Waals surface area contributed by atoms with Gasteiger partial charge in [-0.25, -0.2) is 0 Å². The van der Waals surface area contributed by atoms with Gasteiger partial charge in [0.2, 0.25) is 0 Å². The topological polar surface area (TPSA) is 173 Å². The first-order valence-electron chi connectivity index (χ1n) is 28.3. The van der Waals surface area contributed by atoms with E-state index in [0.717, 1.165) is 112 Å². The molecule has 0 unspecified atom stereocenters. The normalized spacial score (nSPS) is 17.6. The number of piperidine rings is 3. The van der Waals surface area contributed by atoms with Gasteiger partial charge in [-0.15, -0.1) is 12.4 Å². The largest absolute Gasteiger partial charge is 0.416 e. The van der Waals surface area contributed by atoms with E-state index in [1.807, 2.05) is 6.20 Å². The molecule has 3 saturated heterocycles. The second kappa shape index (κ2) is 29.2. The molecule has 0 saturated carbocycles. The van der Waals surface area contributed by atoms with Gasteiger partial charge in [0.05, 0.1) is 22.9 Å². The molecule has 3 aliphatic heterocycles. The molecule has 0 spiro atoms. The Morgan fingerprint density at radius 1 is 0.470 bits per heavy atom. The Kier molecular flexibility index (Phi) is 22.4. The molecule has 448 valence electrons. The third kappa shape index (κ3) is 16.3. The number of benzene rings is 3. The van der Waals surface area contributed by atoms with Crippen LogP contribution in [0.4, 0.5) is 39.5 Å². The summed E-state index contributed by atoms with van der Waals surface area (Å²) in [6, 6.07) is 17.5. The summed E-state index contributed by atoms with van der Waals surface area (Å²) in [5, 5.41) is 24.6. The maximum Gasteiger partial charge on any atom is 0.416 e. The van der Waals surface area contributed by atoms with Crippen molar-refractivity contribution in [2.24, 2.45) is 0 Å². The van der Waals surface area contributed by atoms with E-state index in [2.05, 4.69) is 35.9 Å². The van der Waals surface area contributed by atoms with E-state index in [-0.39, 0.29) is 48.1 Å². The quantitative estimate of drug-likeness (QED) is 0.123. The molecule has 3 aromatic carbocycles. The second-order valence-corrected chi connectivity index (χ2v) is 21.5. The lowest BCUT2D eigenvalue weighted by Gasteiger charge is -2.33. The number of aromatic nitrogens is 6. The van der Waals surface area contributed by atoms with Crippen LogP contribution in [0.1, 0.15) is 183 Å². The van der Waals surface area contributed by atoms with Gasteiger partial charge >= 0.3 is 24.7 Å². The van der Waals surface area contributed by atoms with Crippen LogP contribution in [-0.4, -0.2) is 97.6 Å². The Hall–Kier alpha value is -6.77. The van der Waals surface area contributed by atoms with E-state index < -0.39 is 35.2 Å². The number of aromatic amines is 3. The highest BCUT2D eigenvalue weighted by atomic mass is 35.5. The van der Waals surface area contributed by atoms with Gasteiger partial charge in [0, 0.05) is 54.4 Å². The molecule has 83 heavy (non-hydrogen) atoms. The number of halogens is 10. The number of likely N-dealkylation sites (tertiary alicyclic amines) is 2. The number of hydrogen-bond donors (Lipinski definition) is 4. The number of carbonyl (C=O) groups excluding carboxylic acids is 4. The summed E-state index contributed by atoms with van der Waals surface area (Å²) < 4.78 is 118. The van der Waals surface area contributed by atoms with Gasteiger partial charge in [0.15, 0.2) is 11.4 Å². The maximum absolute atomic E-state index is 13.3. The molecule has 0 atom stereocenters. The van der Waals surface area contributed by atoms with Crippen LogP contribution in [0.2, 0.25) is 0 Å². The Balaban J connectivity index is 0.000000165. The summed E-state index contributed by atoms with van der Waals surface area (Å²) in [7, 11) is 0. The van der Waals surface area contributed by atoms with Crippen LogP contribution in [0.15, 0.2) is 79.0 Å². The van der Waals surface area contributed by atoms with Gasteiger partial charge < -0.3 is 15.1 Å². The average Bonchev–Trinajstić information content (AvgIpc) is 4.48. The van der Waals surface area contributed by atoms with Crippen LogP contribution in [0, 0.1) is 0 Å². The predicted molar refractivity (Wildman–Crippen MR) is 293 cm³/mol. The Bertz CT molecular complexity index is 2930. The monoisotopic (exact) mass is 1190 g/mol. The van der Waals surface area contributed by atoms with Crippen molar-refractivity contribution < 1.29 is 58.7 Å². The highest BCUT2D eigenvalue weighted by Gasteiger charge is 2.39. The minimum Gasteiger partial charge on any atom is -0.337 e. The molecule has 6 heterocycles. The summed E-state index contributed by atoms with van der Waals surface area (Å²) in [5.41, 5.74) is 7.50. The van der Waals surface area contributed by atoms with Gasteiger partial charge in [-0.2, -0.15) is 64.4 Å². The van der Waals surface area contributed by atoms with Crippen LogP contribution >= 0.6 is 12.4 Å². The Morgan fingerprint density at radius 3 is 1.18 bits per heavy atom. The van der Waals surface area contributed by atoms with Crippen LogP contribution in [0.25, 0.3) is 0 Å². The third-order valence-corrected chi connectivity index (χ3v) is 16.5. The zero-order valence-corrected chi connectivity index (χ0v) is 46.7. The number of H-pyrrole nitrogens is 3. The fourth-order valence-corrected chi connectivity index (χ4v) is 12.3. The Morgan fingerprint density at radius 2 is 0.807 bits per heavy atom. The molecule has 3 aliphatic carbocycles. The number of alkyl halides is 9. The van der Waals surface area contributed by atoms with Crippen molar-refractivity contribution in [2.45, 2.75) is 152 Å². The van der Waals surface area contributed by atoms with Crippen LogP contribution in [0.3, 0.4) is 0 Å². The third-order valence-electron chi connectivity index (χ3n) is 16.5. The van der Waals surface area contributed by atoms with Crippen molar-refractivity contribution in [3.05, 3.63) is 158 Å². The van der Waals surface area contributed by atoms with E-state index in [1.54, 1.807) is 46.2 Å². The molecule has 6 aromatic rings. The number of aryl methyl sites for hydroxylation is 4. The summed E-state index contributed by atoms with van der Waals surface area (Å²) in [5.74, 6) is -0.520. The lowest BCUT2D eigenvalue weighted by molar-refractivity contribution is -0.191. The van der Waals surface area contributed by atoms with Crippen LogP contribution in [0.5, 0.6) is 0 Å². The molecule has 0 bridgehead atoms. The minimum atomic E-state index is -4.35. The number of nitrogens with zero attached hydrogens (tertiary/aromatic N) is 5. The number of fused-ring (bicyclic) bond motifs is 3. The van der Waals surface area contributed by atoms with Gasteiger partial charge in [-0.3, -0.25) is 24.9 Å². The van der Waals surface area contributed by atoms with E-state index in [9.17, 15) is 49.1 Å². The van der Waals surface area contributed by atoms with Gasteiger partial charge in [-0.05, 0) is 187 Å². The maximum atomic E-state index is 13.3. The SMILES string of the molecule is Cl.FC(F)(F)c1ccccc1C1CCNCC1.O=C(c1n[nH]c2c1CCCC2)N1CCC(c2ccccc2C(F)(F)F)CC1.O=C(c1n[nH]c2c1CCCC2)N1CCC(c2ccccc2C(F)(F)F)CC1.O=C=O.c1n[nH]c2c1CCCC2. The zero-order chi connectivity index (χ0) is 58.4. The first-order valence-corrected chi connectivity index (χ1v) is 28.3. The standard InChI is InChI=1S/2C20H22F3N3O.C12H14F3N.C7H10N2.CO2.ClH/c2*21-20(22,23)16-7-3-1-5-14(16)13-9-11-26(12-10-13)19(27)18-15-6-2-4-8-17(15)24-25-18;13-12(14,15)11-4-2-1-3-10(11)9-5-7-16-8-6-9;1-2-4-7-6(3-1)5-8-9-7;2-1-3;/h2*1,3,5,7,13H,2,4,6,8-12H2,(H,24,25);1-4,9,16H,5-8H2;5H,1-4H2,(H,8,9);;1H. The molecule has 0 radical (unpaired) electrons. The molecule has 3 aromatic heterocycles. The lowest BCUT2D eigenvalue weighted by Crippen LogP contribution is -2.38. The zero-order valence-electron chi connectivity index (χ0n) is 45.9. The van der Waals surface area contributed by atoms with Crippen LogP contribution < -0.4 is 5.32 Å². The number of nitrogens with one attached hydrogen (secondary N) is 4. The Labute approximate surface area is 481 Å². The molecule has 13 nitrogen and oxygen atoms in total. The molecule has 6 aliphatic rings. The van der Waals surface area contributed by atoms with Crippen molar-refractivity contribution in [1.29, 1.82) is 0 Å².